The molecule has 1 heterocycles. The molecule has 6 nitrogen and oxygen atoms in total. The summed E-state index contributed by atoms with van der Waals surface area (Å²) in [6.07, 6.45) is 0. The molecule has 1 fully saturated rings. The number of likely N-dealkylation sites (tertiary alicyclic amines) is 1. The van der Waals surface area contributed by atoms with Gasteiger partial charge in [0.2, 0.25) is 5.91 Å². The maximum absolute atomic E-state index is 14.3. The van der Waals surface area contributed by atoms with Crippen molar-refractivity contribution in [2.45, 2.75) is 24.9 Å². The van der Waals surface area contributed by atoms with Crippen molar-refractivity contribution >= 4 is 23.4 Å². The second-order valence-electron chi connectivity index (χ2n) is 9.74. The molecule has 39 heavy (non-hydrogen) atoms. The van der Waals surface area contributed by atoms with Crippen LogP contribution in [0.5, 0.6) is 0 Å². The zero-order valence-corrected chi connectivity index (χ0v) is 21.3. The highest BCUT2D eigenvalue weighted by Crippen LogP contribution is 2.51. The fourth-order valence-corrected chi connectivity index (χ4v) is 5.58. The van der Waals surface area contributed by atoms with Gasteiger partial charge in [0.1, 0.15) is 11.9 Å². The van der Waals surface area contributed by atoms with Crippen molar-refractivity contribution in [1.82, 2.24) is 4.90 Å². The lowest BCUT2D eigenvalue weighted by atomic mass is 9.76. The van der Waals surface area contributed by atoms with Gasteiger partial charge >= 0.3 is 6.03 Å². The van der Waals surface area contributed by atoms with Crippen LogP contribution >= 0.6 is 0 Å². The lowest BCUT2D eigenvalue weighted by molar-refractivity contribution is -0.122. The highest BCUT2D eigenvalue weighted by atomic mass is 19.1. The van der Waals surface area contributed by atoms with Gasteiger partial charge in [-0.15, -0.1) is 0 Å². The summed E-state index contributed by atoms with van der Waals surface area (Å²) in [6.45, 7) is 1.89. The molecule has 4 aromatic carbocycles. The average molecular weight is 522 g/mol. The third-order valence-electron chi connectivity index (χ3n) is 7.22. The number of benzene rings is 4. The molecule has 1 saturated heterocycles. The van der Waals surface area contributed by atoms with Gasteiger partial charge in [0.15, 0.2) is 5.78 Å². The Labute approximate surface area is 226 Å². The zero-order chi connectivity index (χ0) is 27.5. The van der Waals surface area contributed by atoms with E-state index >= 15 is 0 Å². The first-order valence-electron chi connectivity index (χ1n) is 12.7. The number of aryl methyl sites for hydroxylation is 1. The largest absolute Gasteiger partial charge is 0.368 e. The van der Waals surface area contributed by atoms with Crippen LogP contribution < -0.4 is 11.1 Å². The van der Waals surface area contributed by atoms with E-state index in [1.165, 1.54) is 17.0 Å². The molecule has 1 aliphatic heterocycles. The minimum Gasteiger partial charge on any atom is -0.368 e. The van der Waals surface area contributed by atoms with Crippen molar-refractivity contribution in [3.8, 4) is 0 Å². The van der Waals surface area contributed by atoms with E-state index in [4.69, 9.17) is 5.73 Å². The topological polar surface area (TPSA) is 92.5 Å². The van der Waals surface area contributed by atoms with Crippen LogP contribution in [-0.4, -0.2) is 28.7 Å². The van der Waals surface area contributed by atoms with E-state index < -0.39 is 41.7 Å². The predicted octanol–water partition coefficient (Wildman–Crippen LogP) is 5.86. The first-order valence-corrected chi connectivity index (χ1v) is 12.7. The van der Waals surface area contributed by atoms with Crippen molar-refractivity contribution in [3.63, 3.8) is 0 Å². The quantitative estimate of drug-likeness (QED) is 0.311. The number of primary amides is 1. The molecule has 4 atom stereocenters. The van der Waals surface area contributed by atoms with E-state index in [9.17, 15) is 18.8 Å². The van der Waals surface area contributed by atoms with Gasteiger partial charge in [-0.25, -0.2) is 9.18 Å². The van der Waals surface area contributed by atoms with Crippen LogP contribution in [0.1, 0.15) is 39.0 Å². The number of carbonyl (C=O) groups is 3. The SMILES string of the molecule is Cc1cccc(C(=O)C2C(c3ccc(F)cc3)C(C(N)=O)N(C(=O)Nc3ccccc3)C2c2ccccc2)c1. The van der Waals surface area contributed by atoms with E-state index in [-0.39, 0.29) is 5.78 Å². The van der Waals surface area contributed by atoms with Gasteiger partial charge in [-0.1, -0.05) is 84.4 Å². The summed E-state index contributed by atoms with van der Waals surface area (Å²) in [5.74, 6) is -3.13. The highest BCUT2D eigenvalue weighted by Gasteiger charge is 2.57. The van der Waals surface area contributed by atoms with Crippen molar-refractivity contribution < 1.29 is 18.8 Å². The standard InChI is InChI=1S/C32H28FN3O3/c1-20-9-8-12-23(19-20)30(37)27-26(21-15-17-24(33)18-16-21)29(31(34)38)36(28(27)22-10-4-2-5-11-22)32(39)35-25-13-6-3-7-14-25/h2-19,26-29H,1H3,(H2,34,38)(H,35,39). The Hall–Kier alpha value is -4.78. The normalized spacial score (nSPS) is 20.4. The molecule has 0 saturated carbocycles. The number of hydrogen-bond donors (Lipinski definition) is 2. The summed E-state index contributed by atoms with van der Waals surface area (Å²) in [7, 11) is 0. The second-order valence-corrected chi connectivity index (χ2v) is 9.74. The Bertz CT molecular complexity index is 1490. The highest BCUT2D eigenvalue weighted by molar-refractivity contribution is 6.03. The fourth-order valence-electron chi connectivity index (χ4n) is 5.58. The van der Waals surface area contributed by atoms with Gasteiger partial charge in [0.25, 0.3) is 0 Å². The van der Waals surface area contributed by atoms with Crippen LogP contribution in [0.4, 0.5) is 14.9 Å². The first kappa shape index (κ1) is 25.9. The van der Waals surface area contributed by atoms with Gasteiger partial charge in [0, 0.05) is 17.2 Å². The number of nitrogens with zero attached hydrogens (tertiary/aromatic N) is 1. The molecule has 7 heteroatoms. The molecule has 0 aliphatic carbocycles. The molecule has 0 bridgehead atoms. The third kappa shape index (κ3) is 5.16. The third-order valence-corrected chi connectivity index (χ3v) is 7.22. The molecule has 0 radical (unpaired) electrons. The molecule has 4 unspecified atom stereocenters. The minimum absolute atomic E-state index is 0.233. The monoisotopic (exact) mass is 521 g/mol. The van der Waals surface area contributed by atoms with Crippen molar-refractivity contribution in [2.24, 2.45) is 11.7 Å². The number of ketones is 1. The van der Waals surface area contributed by atoms with E-state index in [1.807, 2.05) is 49.4 Å². The molecular formula is C32H28FN3O3. The number of urea groups is 1. The molecular weight excluding hydrogens is 493 g/mol. The van der Waals surface area contributed by atoms with Gasteiger partial charge < -0.3 is 16.0 Å². The average Bonchev–Trinajstić information content (AvgIpc) is 3.31. The lowest BCUT2D eigenvalue weighted by Crippen LogP contribution is -2.48. The molecule has 196 valence electrons. The summed E-state index contributed by atoms with van der Waals surface area (Å²) in [5, 5.41) is 2.87. The van der Waals surface area contributed by atoms with Crippen LogP contribution in [0, 0.1) is 18.7 Å². The molecule has 1 aliphatic rings. The molecule has 0 aromatic heterocycles. The predicted molar refractivity (Wildman–Crippen MR) is 148 cm³/mol. The molecule has 4 aromatic rings. The first-order chi connectivity index (χ1) is 18.8. The summed E-state index contributed by atoms with van der Waals surface area (Å²) in [4.78, 5) is 42.8. The van der Waals surface area contributed by atoms with Crippen LogP contribution in [0.25, 0.3) is 0 Å². The van der Waals surface area contributed by atoms with Crippen molar-refractivity contribution in [3.05, 3.63) is 137 Å². The molecule has 5 rings (SSSR count). The number of nitrogens with two attached hydrogens (primary N) is 1. The molecule has 0 spiro atoms. The van der Waals surface area contributed by atoms with Crippen LogP contribution in [-0.2, 0) is 4.79 Å². The Morgan fingerprint density at radius 2 is 1.44 bits per heavy atom. The van der Waals surface area contributed by atoms with E-state index in [0.29, 0.717) is 22.4 Å². The fraction of sp³-hybridized carbons (Fsp3) is 0.156. The Morgan fingerprint density at radius 1 is 0.795 bits per heavy atom. The van der Waals surface area contributed by atoms with E-state index in [2.05, 4.69) is 5.32 Å². The smallest absolute Gasteiger partial charge is 0.323 e. The number of halogens is 1. The number of hydrogen-bond acceptors (Lipinski definition) is 3. The number of rotatable bonds is 6. The number of anilines is 1. The Kier molecular flexibility index (Phi) is 7.23. The van der Waals surface area contributed by atoms with Crippen molar-refractivity contribution in [2.75, 3.05) is 5.32 Å². The van der Waals surface area contributed by atoms with Crippen LogP contribution in [0.15, 0.2) is 109 Å². The summed E-state index contributed by atoms with van der Waals surface area (Å²) in [6, 6.07) is 28.3. The number of para-hydroxylation sites is 1. The van der Waals surface area contributed by atoms with Gasteiger partial charge in [-0.05, 0) is 48.4 Å². The number of amides is 3. The van der Waals surface area contributed by atoms with E-state index in [0.717, 1.165) is 5.56 Å². The Balaban J connectivity index is 1.72. The van der Waals surface area contributed by atoms with Gasteiger partial charge in [-0.2, -0.15) is 0 Å². The van der Waals surface area contributed by atoms with Crippen LogP contribution in [0.3, 0.4) is 0 Å². The van der Waals surface area contributed by atoms with Gasteiger partial charge in [-0.3, -0.25) is 9.59 Å². The number of carbonyl (C=O) groups excluding carboxylic acids is 3. The van der Waals surface area contributed by atoms with Crippen LogP contribution in [0.2, 0.25) is 0 Å². The number of Topliss-reactive ketones (excluding diaryl/α,β-unsaturated/α-hetero) is 1. The van der Waals surface area contributed by atoms with E-state index in [1.54, 1.807) is 54.6 Å². The maximum Gasteiger partial charge on any atom is 0.323 e. The summed E-state index contributed by atoms with van der Waals surface area (Å²) >= 11 is 0. The summed E-state index contributed by atoms with van der Waals surface area (Å²) < 4.78 is 14.0. The second kappa shape index (κ2) is 10.9. The minimum atomic E-state index is -1.18. The Morgan fingerprint density at radius 3 is 2.05 bits per heavy atom. The lowest BCUT2D eigenvalue weighted by Gasteiger charge is -2.31. The molecule has 3 amide bonds. The van der Waals surface area contributed by atoms with Gasteiger partial charge in [0.05, 0.1) is 12.0 Å². The number of nitrogens with one attached hydrogen (secondary N) is 1. The zero-order valence-electron chi connectivity index (χ0n) is 21.3. The van der Waals surface area contributed by atoms with Crippen molar-refractivity contribution in [1.29, 1.82) is 0 Å². The summed E-state index contributed by atoms with van der Waals surface area (Å²) in [5.41, 5.74) is 9.12. The maximum atomic E-state index is 14.3. The molecule has 3 N–H and O–H groups in total.